The maximum Gasteiger partial charge on any atom is 0.410 e. The van der Waals surface area contributed by atoms with Crippen LogP contribution in [0.2, 0.25) is 0 Å². The number of para-hydroxylation sites is 1. The van der Waals surface area contributed by atoms with Gasteiger partial charge in [-0.1, -0.05) is 24.3 Å². The number of anilines is 3. The number of nitrogens with zero attached hydrogens (tertiary/aromatic N) is 2. The molecule has 0 saturated carbocycles. The molecule has 3 aromatic rings. The van der Waals surface area contributed by atoms with Gasteiger partial charge in [-0.25, -0.2) is 9.59 Å². The second-order valence-corrected chi connectivity index (χ2v) is 9.52. The van der Waals surface area contributed by atoms with Gasteiger partial charge < -0.3 is 29.9 Å². The van der Waals surface area contributed by atoms with Crippen LogP contribution in [0.5, 0.6) is 11.5 Å². The van der Waals surface area contributed by atoms with Crippen molar-refractivity contribution in [1.82, 2.24) is 4.90 Å². The van der Waals surface area contributed by atoms with Crippen LogP contribution in [0.1, 0.15) is 20.8 Å². The molecule has 1 saturated heterocycles. The predicted octanol–water partition coefficient (Wildman–Crippen LogP) is 6.18. The molecule has 36 heavy (non-hydrogen) atoms. The summed E-state index contributed by atoms with van der Waals surface area (Å²) in [6.45, 7) is 8.24. The molecule has 1 aliphatic rings. The summed E-state index contributed by atoms with van der Waals surface area (Å²) in [4.78, 5) is 28.7. The van der Waals surface area contributed by atoms with E-state index in [4.69, 9.17) is 9.47 Å². The Morgan fingerprint density at radius 2 is 1.39 bits per heavy atom. The minimum atomic E-state index is -0.498. The van der Waals surface area contributed by atoms with Crippen LogP contribution in [0.25, 0.3) is 0 Å². The number of urea groups is 1. The van der Waals surface area contributed by atoms with E-state index in [9.17, 15) is 9.59 Å². The zero-order chi connectivity index (χ0) is 25.5. The number of nitrogens with one attached hydrogen (secondary N) is 2. The van der Waals surface area contributed by atoms with Crippen LogP contribution in [-0.2, 0) is 4.74 Å². The molecular formula is C28H32N4O4. The monoisotopic (exact) mass is 488 g/mol. The summed E-state index contributed by atoms with van der Waals surface area (Å²) >= 11 is 0. The first-order valence-electron chi connectivity index (χ1n) is 12.0. The summed E-state index contributed by atoms with van der Waals surface area (Å²) in [5.74, 6) is 1.36. The fourth-order valence-electron chi connectivity index (χ4n) is 3.78. The van der Waals surface area contributed by atoms with Gasteiger partial charge in [0.15, 0.2) is 0 Å². The quantitative estimate of drug-likeness (QED) is 0.448. The van der Waals surface area contributed by atoms with Gasteiger partial charge in [0.1, 0.15) is 17.1 Å². The van der Waals surface area contributed by atoms with Gasteiger partial charge in [0.05, 0.1) is 0 Å². The van der Waals surface area contributed by atoms with Crippen LogP contribution in [0.15, 0.2) is 78.9 Å². The van der Waals surface area contributed by atoms with Gasteiger partial charge in [-0.15, -0.1) is 0 Å². The third-order valence-electron chi connectivity index (χ3n) is 5.49. The largest absolute Gasteiger partial charge is 0.457 e. The predicted molar refractivity (Wildman–Crippen MR) is 142 cm³/mol. The Labute approximate surface area is 211 Å². The van der Waals surface area contributed by atoms with Crippen molar-refractivity contribution in [2.75, 3.05) is 41.7 Å². The van der Waals surface area contributed by atoms with Crippen molar-refractivity contribution >= 4 is 29.2 Å². The fourth-order valence-corrected chi connectivity index (χ4v) is 3.78. The first-order chi connectivity index (χ1) is 17.2. The van der Waals surface area contributed by atoms with Crippen molar-refractivity contribution in [3.63, 3.8) is 0 Å². The molecule has 4 rings (SSSR count). The smallest absolute Gasteiger partial charge is 0.410 e. The Morgan fingerprint density at radius 1 is 0.750 bits per heavy atom. The molecule has 0 bridgehead atoms. The number of hydrogen-bond acceptors (Lipinski definition) is 5. The standard InChI is InChI=1S/C28H32N4O4/c1-28(2,3)36-27(34)32-18-16-31(17-19-32)23-14-12-21(13-15-23)29-26(33)30-22-8-7-11-25(20-22)35-24-9-5-4-6-10-24/h4-15,20H,16-19H2,1-3H3,(H2,29,30,33). The van der Waals surface area contributed by atoms with E-state index in [1.165, 1.54) is 0 Å². The molecule has 2 N–H and O–H groups in total. The van der Waals surface area contributed by atoms with Gasteiger partial charge in [-0.05, 0) is 69.3 Å². The number of piperazine rings is 1. The number of carbonyl (C=O) groups excluding carboxylic acids is 2. The van der Waals surface area contributed by atoms with E-state index in [0.29, 0.717) is 43.3 Å². The van der Waals surface area contributed by atoms with E-state index < -0.39 is 5.60 Å². The fraction of sp³-hybridized carbons (Fsp3) is 0.286. The van der Waals surface area contributed by atoms with Gasteiger partial charge in [0, 0.05) is 49.3 Å². The molecule has 8 nitrogen and oxygen atoms in total. The molecule has 188 valence electrons. The molecular weight excluding hydrogens is 456 g/mol. The second-order valence-electron chi connectivity index (χ2n) is 9.52. The van der Waals surface area contributed by atoms with Crippen molar-refractivity contribution in [2.45, 2.75) is 26.4 Å². The van der Waals surface area contributed by atoms with Crippen LogP contribution in [0, 0.1) is 0 Å². The minimum Gasteiger partial charge on any atom is -0.457 e. The Hall–Kier alpha value is -4.20. The zero-order valence-corrected chi connectivity index (χ0v) is 20.9. The van der Waals surface area contributed by atoms with Crippen molar-refractivity contribution in [2.24, 2.45) is 0 Å². The third-order valence-corrected chi connectivity index (χ3v) is 5.49. The van der Waals surface area contributed by atoms with Crippen LogP contribution < -0.4 is 20.3 Å². The number of hydrogen-bond donors (Lipinski definition) is 2. The number of rotatable bonds is 5. The molecule has 3 aromatic carbocycles. The highest BCUT2D eigenvalue weighted by molar-refractivity contribution is 5.99. The van der Waals surface area contributed by atoms with Gasteiger partial charge >= 0.3 is 12.1 Å². The van der Waals surface area contributed by atoms with Crippen LogP contribution in [0.3, 0.4) is 0 Å². The number of benzene rings is 3. The molecule has 0 unspecified atom stereocenters. The van der Waals surface area contributed by atoms with Gasteiger partial charge in [-0.2, -0.15) is 0 Å². The average Bonchev–Trinajstić information content (AvgIpc) is 2.84. The van der Waals surface area contributed by atoms with E-state index in [0.717, 1.165) is 11.4 Å². The summed E-state index contributed by atoms with van der Waals surface area (Å²) in [6, 6.07) is 24.0. The highest BCUT2D eigenvalue weighted by Crippen LogP contribution is 2.24. The summed E-state index contributed by atoms with van der Waals surface area (Å²) < 4.78 is 11.3. The molecule has 0 aromatic heterocycles. The Bertz CT molecular complexity index is 1170. The third kappa shape index (κ3) is 7.15. The molecule has 0 atom stereocenters. The van der Waals surface area contributed by atoms with Crippen molar-refractivity contribution < 1.29 is 19.1 Å². The SMILES string of the molecule is CC(C)(C)OC(=O)N1CCN(c2ccc(NC(=O)Nc3cccc(Oc4ccccc4)c3)cc2)CC1. The second kappa shape index (κ2) is 11.0. The topological polar surface area (TPSA) is 83.1 Å². The maximum atomic E-state index is 12.5. The molecule has 0 spiro atoms. The lowest BCUT2D eigenvalue weighted by molar-refractivity contribution is 0.0240. The van der Waals surface area contributed by atoms with Gasteiger partial charge in [-0.3, -0.25) is 0 Å². The molecule has 8 heteroatoms. The van der Waals surface area contributed by atoms with Crippen molar-refractivity contribution in [1.29, 1.82) is 0 Å². The maximum absolute atomic E-state index is 12.5. The van der Waals surface area contributed by atoms with E-state index in [1.807, 2.05) is 87.5 Å². The molecule has 0 aliphatic carbocycles. The van der Waals surface area contributed by atoms with Gasteiger partial charge in [0.2, 0.25) is 0 Å². The van der Waals surface area contributed by atoms with Crippen LogP contribution in [-0.4, -0.2) is 48.8 Å². The highest BCUT2D eigenvalue weighted by atomic mass is 16.6. The molecule has 1 fully saturated rings. The molecule has 1 heterocycles. The Balaban J connectivity index is 1.27. The lowest BCUT2D eigenvalue weighted by Gasteiger charge is -2.36. The lowest BCUT2D eigenvalue weighted by Crippen LogP contribution is -2.50. The van der Waals surface area contributed by atoms with Crippen molar-refractivity contribution in [3.8, 4) is 11.5 Å². The average molecular weight is 489 g/mol. The van der Waals surface area contributed by atoms with Crippen molar-refractivity contribution in [3.05, 3.63) is 78.9 Å². The normalized spacial score (nSPS) is 13.6. The van der Waals surface area contributed by atoms with E-state index >= 15 is 0 Å². The number of ether oxygens (including phenoxy) is 2. The molecule has 0 radical (unpaired) electrons. The zero-order valence-electron chi connectivity index (χ0n) is 20.9. The minimum absolute atomic E-state index is 0.273. The summed E-state index contributed by atoms with van der Waals surface area (Å²) in [5, 5.41) is 5.69. The van der Waals surface area contributed by atoms with Crippen LogP contribution in [0.4, 0.5) is 26.7 Å². The number of amides is 3. The first kappa shape index (κ1) is 24.9. The van der Waals surface area contributed by atoms with E-state index in [1.54, 1.807) is 17.0 Å². The molecule has 1 aliphatic heterocycles. The summed E-state index contributed by atoms with van der Waals surface area (Å²) in [7, 11) is 0. The summed E-state index contributed by atoms with van der Waals surface area (Å²) in [5.41, 5.74) is 1.85. The summed E-state index contributed by atoms with van der Waals surface area (Å²) in [6.07, 6.45) is -0.273. The lowest BCUT2D eigenvalue weighted by atomic mass is 10.2. The number of carbonyl (C=O) groups is 2. The molecule has 3 amide bonds. The highest BCUT2D eigenvalue weighted by Gasteiger charge is 2.25. The van der Waals surface area contributed by atoms with E-state index in [2.05, 4.69) is 15.5 Å². The van der Waals surface area contributed by atoms with E-state index in [-0.39, 0.29) is 12.1 Å². The van der Waals surface area contributed by atoms with Gasteiger partial charge in [0.25, 0.3) is 0 Å². The Kier molecular flexibility index (Phi) is 7.63. The Morgan fingerprint density at radius 3 is 2.06 bits per heavy atom. The van der Waals surface area contributed by atoms with Crippen LogP contribution >= 0.6 is 0 Å². The first-order valence-corrected chi connectivity index (χ1v) is 12.0.